The Hall–Kier alpha value is -2.40. The fourth-order valence-corrected chi connectivity index (χ4v) is 2.92. The van der Waals surface area contributed by atoms with Crippen molar-refractivity contribution in [2.24, 2.45) is 0 Å². The van der Waals surface area contributed by atoms with Gasteiger partial charge < -0.3 is 14.9 Å². The number of halogens is 1. The number of rotatable bonds is 6. The maximum absolute atomic E-state index is 14.3. The molecule has 0 amide bonds. The van der Waals surface area contributed by atoms with E-state index < -0.39 is 17.9 Å². The van der Waals surface area contributed by atoms with Crippen molar-refractivity contribution in [1.82, 2.24) is 0 Å². The number of ether oxygens (including phenoxy) is 1. The minimum absolute atomic E-state index is 0.126. The smallest absolute Gasteiger partial charge is 0.302 e. The summed E-state index contributed by atoms with van der Waals surface area (Å²) in [5.41, 5.74) is 2.36. The van der Waals surface area contributed by atoms with Crippen LogP contribution in [0.1, 0.15) is 54.0 Å². The van der Waals surface area contributed by atoms with Gasteiger partial charge in [0.1, 0.15) is 18.2 Å². The number of aliphatic hydroxyl groups excluding tert-OH is 1. The monoisotopic (exact) mass is 344 g/mol. The molecule has 1 aliphatic carbocycles. The van der Waals surface area contributed by atoms with Gasteiger partial charge in [0, 0.05) is 13.3 Å². The molecule has 2 aromatic carbocycles. The van der Waals surface area contributed by atoms with E-state index in [1.54, 1.807) is 0 Å². The molecule has 25 heavy (non-hydrogen) atoms. The van der Waals surface area contributed by atoms with Crippen LogP contribution in [0.4, 0.5) is 4.39 Å². The number of phenolic OH excluding ortho intramolecular Hbond substituents is 1. The quantitative estimate of drug-likeness (QED) is 0.783. The molecule has 2 aromatic rings. The van der Waals surface area contributed by atoms with Crippen LogP contribution in [0.2, 0.25) is 0 Å². The molecular formula is C20H21FO4. The molecule has 0 saturated heterocycles. The van der Waals surface area contributed by atoms with Crippen molar-refractivity contribution in [3.8, 4) is 5.75 Å². The second-order valence-corrected chi connectivity index (χ2v) is 6.53. The average Bonchev–Trinajstić information content (AvgIpc) is 3.38. The van der Waals surface area contributed by atoms with E-state index in [0.717, 1.165) is 11.6 Å². The summed E-state index contributed by atoms with van der Waals surface area (Å²) < 4.78 is 19.1. The van der Waals surface area contributed by atoms with E-state index in [2.05, 4.69) is 0 Å². The van der Waals surface area contributed by atoms with Crippen molar-refractivity contribution >= 4 is 5.97 Å². The van der Waals surface area contributed by atoms with Crippen LogP contribution in [0, 0.1) is 5.82 Å². The van der Waals surface area contributed by atoms with Gasteiger partial charge in [-0.15, -0.1) is 0 Å². The molecule has 0 bridgehead atoms. The van der Waals surface area contributed by atoms with E-state index in [0.29, 0.717) is 11.5 Å². The Kier molecular flexibility index (Phi) is 5.04. The van der Waals surface area contributed by atoms with Crippen molar-refractivity contribution < 1.29 is 24.1 Å². The predicted molar refractivity (Wildman–Crippen MR) is 90.6 cm³/mol. The molecule has 1 fully saturated rings. The SMILES string of the molecule is CC(=O)OCc1cc(O)c(C(O)Cc2ccc(C3CC3)cc2)c(F)c1. The summed E-state index contributed by atoms with van der Waals surface area (Å²) in [6.07, 6.45) is 1.50. The molecule has 1 unspecified atom stereocenters. The highest BCUT2D eigenvalue weighted by atomic mass is 19.1. The number of phenols is 1. The number of aromatic hydroxyl groups is 1. The highest BCUT2D eigenvalue weighted by molar-refractivity contribution is 5.65. The molecule has 1 atom stereocenters. The summed E-state index contributed by atoms with van der Waals surface area (Å²) in [7, 11) is 0. The summed E-state index contributed by atoms with van der Waals surface area (Å²) in [6.45, 7) is 1.13. The maximum Gasteiger partial charge on any atom is 0.302 e. The fourth-order valence-electron chi connectivity index (χ4n) is 2.92. The number of carbonyl (C=O) groups excluding carboxylic acids is 1. The Morgan fingerprint density at radius 3 is 2.48 bits per heavy atom. The molecule has 132 valence electrons. The number of carbonyl (C=O) groups is 1. The second-order valence-electron chi connectivity index (χ2n) is 6.53. The minimum atomic E-state index is -1.16. The molecule has 2 N–H and O–H groups in total. The van der Waals surface area contributed by atoms with E-state index in [-0.39, 0.29) is 24.3 Å². The lowest BCUT2D eigenvalue weighted by atomic mass is 9.97. The summed E-state index contributed by atoms with van der Waals surface area (Å²) in [4.78, 5) is 10.8. The van der Waals surface area contributed by atoms with E-state index in [9.17, 15) is 19.4 Å². The first-order chi connectivity index (χ1) is 11.9. The molecule has 0 spiro atoms. The van der Waals surface area contributed by atoms with Gasteiger partial charge in [0.2, 0.25) is 0 Å². The van der Waals surface area contributed by atoms with Crippen LogP contribution in [0.3, 0.4) is 0 Å². The molecule has 4 nitrogen and oxygen atoms in total. The van der Waals surface area contributed by atoms with E-state index in [4.69, 9.17) is 4.74 Å². The van der Waals surface area contributed by atoms with E-state index >= 15 is 0 Å². The molecule has 1 aliphatic rings. The lowest BCUT2D eigenvalue weighted by Crippen LogP contribution is -2.07. The van der Waals surface area contributed by atoms with E-state index in [1.807, 2.05) is 24.3 Å². The Balaban J connectivity index is 1.72. The van der Waals surface area contributed by atoms with Gasteiger partial charge in [0.25, 0.3) is 0 Å². The Labute approximate surface area is 145 Å². The van der Waals surface area contributed by atoms with Crippen LogP contribution in [0.5, 0.6) is 5.75 Å². The van der Waals surface area contributed by atoms with Crippen molar-refractivity contribution in [3.63, 3.8) is 0 Å². The summed E-state index contributed by atoms with van der Waals surface area (Å²) in [6, 6.07) is 10.4. The Bertz CT molecular complexity index is 743. The maximum atomic E-state index is 14.3. The first kappa shape index (κ1) is 17.4. The fraction of sp³-hybridized carbons (Fsp3) is 0.350. The molecule has 0 aromatic heterocycles. The van der Waals surface area contributed by atoms with Gasteiger partial charge in [-0.3, -0.25) is 4.79 Å². The number of hydrogen-bond donors (Lipinski definition) is 2. The second kappa shape index (κ2) is 7.23. The van der Waals surface area contributed by atoms with Crippen molar-refractivity contribution in [2.75, 3.05) is 0 Å². The molecule has 0 heterocycles. The third-order valence-corrected chi connectivity index (χ3v) is 4.40. The molecular weight excluding hydrogens is 323 g/mol. The zero-order valence-electron chi connectivity index (χ0n) is 14.0. The van der Waals surface area contributed by atoms with Gasteiger partial charge in [0.15, 0.2) is 0 Å². The Morgan fingerprint density at radius 2 is 1.92 bits per heavy atom. The highest BCUT2D eigenvalue weighted by Crippen LogP contribution is 2.40. The average molecular weight is 344 g/mol. The topological polar surface area (TPSA) is 66.8 Å². The van der Waals surface area contributed by atoms with Gasteiger partial charge in [-0.25, -0.2) is 4.39 Å². The number of esters is 1. The zero-order chi connectivity index (χ0) is 18.0. The van der Waals surface area contributed by atoms with Crippen LogP contribution < -0.4 is 0 Å². The van der Waals surface area contributed by atoms with Gasteiger partial charge in [-0.1, -0.05) is 24.3 Å². The number of hydrogen-bond acceptors (Lipinski definition) is 4. The van der Waals surface area contributed by atoms with Crippen molar-refractivity contribution in [3.05, 3.63) is 64.5 Å². The van der Waals surface area contributed by atoms with Crippen LogP contribution in [0.15, 0.2) is 36.4 Å². The zero-order valence-corrected chi connectivity index (χ0v) is 14.0. The summed E-state index contributed by atoms with van der Waals surface area (Å²) in [5, 5.41) is 20.4. The third kappa shape index (κ3) is 4.37. The first-order valence-corrected chi connectivity index (χ1v) is 8.35. The van der Waals surface area contributed by atoms with Crippen LogP contribution >= 0.6 is 0 Å². The molecule has 0 aliphatic heterocycles. The molecule has 5 heteroatoms. The van der Waals surface area contributed by atoms with Gasteiger partial charge in [-0.2, -0.15) is 0 Å². The van der Waals surface area contributed by atoms with Crippen LogP contribution in [-0.4, -0.2) is 16.2 Å². The molecule has 1 saturated carbocycles. The standard InChI is InChI=1S/C20H21FO4/c1-12(22)25-11-14-8-17(21)20(19(24)10-14)18(23)9-13-2-4-15(5-3-13)16-6-7-16/h2-5,8,10,16,18,23-24H,6-7,9,11H2,1H3. The number of benzene rings is 2. The Morgan fingerprint density at radius 1 is 1.24 bits per heavy atom. The normalized spacial score (nSPS) is 15.0. The van der Waals surface area contributed by atoms with Gasteiger partial charge in [0.05, 0.1) is 11.7 Å². The van der Waals surface area contributed by atoms with Crippen molar-refractivity contribution in [1.29, 1.82) is 0 Å². The summed E-state index contributed by atoms with van der Waals surface area (Å²) in [5.74, 6) is -0.891. The van der Waals surface area contributed by atoms with Crippen molar-refractivity contribution in [2.45, 2.75) is 44.8 Å². The van der Waals surface area contributed by atoms with E-state index in [1.165, 1.54) is 31.4 Å². The first-order valence-electron chi connectivity index (χ1n) is 8.35. The molecule has 3 rings (SSSR count). The van der Waals surface area contributed by atoms with Crippen LogP contribution in [-0.2, 0) is 22.6 Å². The van der Waals surface area contributed by atoms with Gasteiger partial charge >= 0.3 is 5.97 Å². The number of aliphatic hydroxyl groups is 1. The predicted octanol–water partition coefficient (Wildman–Crippen LogP) is 3.75. The lowest BCUT2D eigenvalue weighted by molar-refractivity contribution is -0.142. The summed E-state index contributed by atoms with van der Waals surface area (Å²) >= 11 is 0. The largest absolute Gasteiger partial charge is 0.507 e. The molecule has 0 radical (unpaired) electrons. The van der Waals surface area contributed by atoms with Crippen LogP contribution in [0.25, 0.3) is 0 Å². The highest BCUT2D eigenvalue weighted by Gasteiger charge is 2.23. The minimum Gasteiger partial charge on any atom is -0.507 e. The lowest BCUT2D eigenvalue weighted by Gasteiger charge is -2.15. The van der Waals surface area contributed by atoms with Gasteiger partial charge in [-0.05, 0) is 47.6 Å². The third-order valence-electron chi connectivity index (χ3n) is 4.40.